The van der Waals surface area contributed by atoms with Crippen molar-refractivity contribution in [2.45, 2.75) is 29.6 Å². The molecule has 0 aliphatic carbocycles. The number of nitrogens with one attached hydrogen (secondary N) is 1. The first-order valence-electron chi connectivity index (χ1n) is 6.39. The maximum Gasteiger partial charge on any atom is 0.332 e. The Bertz CT molecular complexity index is 641. The maximum atomic E-state index is 12.7. The molecule has 0 amide bonds. The van der Waals surface area contributed by atoms with E-state index in [4.69, 9.17) is 4.74 Å². The highest BCUT2D eigenvalue weighted by Gasteiger charge is 2.16. The number of hydrogen-bond donors (Lipinski definition) is 1. The molecule has 1 N–H and O–H groups in total. The Morgan fingerprint density at radius 1 is 1.05 bits per heavy atom. The molecule has 9 heteroatoms. The van der Waals surface area contributed by atoms with Crippen molar-refractivity contribution in [3.05, 3.63) is 24.3 Å². The van der Waals surface area contributed by atoms with Crippen LogP contribution in [-0.4, -0.2) is 36.6 Å². The fourth-order valence-electron chi connectivity index (χ4n) is 1.49. The molecule has 6 nitrogen and oxygen atoms in total. The lowest BCUT2D eigenvalue weighted by Gasteiger charge is -2.07. The first kappa shape index (κ1) is 18.0. The third-order valence-corrected chi connectivity index (χ3v) is 4.83. The Morgan fingerprint density at radius 3 is 2.14 bits per heavy atom. The van der Waals surface area contributed by atoms with Crippen LogP contribution >= 0.6 is 0 Å². The highest BCUT2D eigenvalue weighted by Crippen LogP contribution is 2.15. The van der Waals surface area contributed by atoms with E-state index in [0.717, 1.165) is 30.7 Å². The first-order chi connectivity index (χ1) is 9.77. The summed E-state index contributed by atoms with van der Waals surface area (Å²) in [6.07, 6.45) is 1.42. The summed E-state index contributed by atoms with van der Waals surface area (Å²) >= 11 is 0. The smallest absolute Gasteiger partial charge is 0.332 e. The largest absolute Gasteiger partial charge is 0.381 e. The van der Waals surface area contributed by atoms with Crippen LogP contribution < -0.4 is 4.72 Å². The summed E-state index contributed by atoms with van der Waals surface area (Å²) in [6, 6.07) is 3.91. The molecular weight excluding hydrogens is 321 g/mol. The minimum absolute atomic E-state index is 0.121. The topological polar surface area (TPSA) is 89.5 Å². The van der Waals surface area contributed by atoms with Gasteiger partial charge in [0, 0.05) is 19.8 Å². The lowest BCUT2D eigenvalue weighted by Crippen LogP contribution is -2.25. The molecule has 0 aliphatic heterocycles. The van der Waals surface area contributed by atoms with Gasteiger partial charge in [0.1, 0.15) is 0 Å². The summed E-state index contributed by atoms with van der Waals surface area (Å²) in [5, 5.41) is 0. The Hall–Kier alpha value is -1.03. The van der Waals surface area contributed by atoms with E-state index in [1.807, 2.05) is 6.92 Å². The fraction of sp³-hybridized carbons (Fsp3) is 0.500. The summed E-state index contributed by atoms with van der Waals surface area (Å²) in [5.41, 5.74) is 0. The molecule has 1 aromatic rings. The molecule has 0 saturated carbocycles. The van der Waals surface area contributed by atoms with Gasteiger partial charge in [-0.2, -0.15) is 8.42 Å². The molecule has 1 aromatic carbocycles. The van der Waals surface area contributed by atoms with Crippen LogP contribution in [-0.2, 0) is 25.0 Å². The van der Waals surface area contributed by atoms with Crippen LogP contribution in [0.1, 0.15) is 19.8 Å². The molecule has 0 radical (unpaired) electrons. The molecule has 120 valence electrons. The van der Waals surface area contributed by atoms with Crippen molar-refractivity contribution in [2.24, 2.45) is 0 Å². The second-order valence-electron chi connectivity index (χ2n) is 4.27. The second-order valence-corrected chi connectivity index (χ2v) is 7.39. The lowest BCUT2D eigenvalue weighted by molar-refractivity contribution is 0.133. The molecule has 0 fully saturated rings. The van der Waals surface area contributed by atoms with Crippen molar-refractivity contribution in [2.75, 3.05) is 19.8 Å². The van der Waals surface area contributed by atoms with Crippen molar-refractivity contribution in [3.63, 3.8) is 0 Å². The third kappa shape index (κ3) is 6.08. The highest BCUT2D eigenvalue weighted by molar-refractivity contribution is 7.89. The molecule has 0 aliphatic rings. The van der Waals surface area contributed by atoms with E-state index in [1.54, 1.807) is 0 Å². The summed E-state index contributed by atoms with van der Waals surface area (Å²) in [6.45, 7) is 3.26. The fourth-order valence-corrected chi connectivity index (χ4v) is 3.03. The Balaban J connectivity index is 2.58. The van der Waals surface area contributed by atoms with Gasteiger partial charge in [-0.3, -0.25) is 0 Å². The van der Waals surface area contributed by atoms with Crippen molar-refractivity contribution in [1.29, 1.82) is 0 Å². The normalized spacial score (nSPS) is 12.5. The predicted molar refractivity (Wildman–Crippen MR) is 75.7 cm³/mol. The Morgan fingerprint density at radius 2 is 1.62 bits per heavy atom. The molecule has 0 atom stereocenters. The Kier molecular flexibility index (Phi) is 6.72. The summed E-state index contributed by atoms with van der Waals surface area (Å²) in [5.74, 6) is 0. The van der Waals surface area contributed by atoms with Gasteiger partial charge < -0.3 is 4.74 Å². The van der Waals surface area contributed by atoms with Crippen LogP contribution in [0.15, 0.2) is 34.1 Å². The zero-order valence-corrected chi connectivity index (χ0v) is 13.2. The highest BCUT2D eigenvalue weighted by atomic mass is 32.3. The molecule has 0 unspecified atom stereocenters. The monoisotopic (exact) mass is 339 g/mol. The maximum absolute atomic E-state index is 12.7. The standard InChI is InChI=1S/C12H18FNO5S2/c1-2-9-19-10-3-8-14-21(17,18)12-6-4-11(5-7-12)20(13,15)16/h4-7,14H,2-3,8-10H2,1H3. The van der Waals surface area contributed by atoms with Gasteiger partial charge in [0.2, 0.25) is 10.0 Å². The van der Waals surface area contributed by atoms with Crippen LogP contribution in [0.2, 0.25) is 0 Å². The zero-order valence-electron chi connectivity index (χ0n) is 11.6. The molecule has 0 bridgehead atoms. The van der Waals surface area contributed by atoms with Gasteiger partial charge in [-0.1, -0.05) is 6.92 Å². The zero-order chi connectivity index (χ0) is 15.9. The first-order valence-corrected chi connectivity index (χ1v) is 9.26. The van der Waals surface area contributed by atoms with Gasteiger partial charge in [-0.05, 0) is 37.1 Å². The van der Waals surface area contributed by atoms with E-state index >= 15 is 0 Å². The van der Waals surface area contributed by atoms with Crippen molar-refractivity contribution < 1.29 is 25.5 Å². The molecule has 0 aromatic heterocycles. The van der Waals surface area contributed by atoms with Crippen LogP contribution in [0.3, 0.4) is 0 Å². The van der Waals surface area contributed by atoms with Gasteiger partial charge in [0.05, 0.1) is 9.79 Å². The predicted octanol–water partition coefficient (Wildman–Crippen LogP) is 1.44. The number of ether oxygens (including phenoxy) is 1. The van der Waals surface area contributed by atoms with Crippen LogP contribution in [0, 0.1) is 0 Å². The van der Waals surface area contributed by atoms with Crippen molar-refractivity contribution >= 4 is 20.2 Å². The molecular formula is C12H18FNO5S2. The average Bonchev–Trinajstić information content (AvgIpc) is 2.42. The van der Waals surface area contributed by atoms with E-state index < -0.39 is 25.1 Å². The summed E-state index contributed by atoms with van der Waals surface area (Å²) < 4.78 is 65.3. The quantitative estimate of drug-likeness (QED) is 0.543. The molecule has 1 rings (SSSR count). The van der Waals surface area contributed by atoms with Crippen molar-refractivity contribution in [3.8, 4) is 0 Å². The van der Waals surface area contributed by atoms with E-state index in [2.05, 4.69) is 4.72 Å². The number of benzene rings is 1. The molecule has 0 saturated heterocycles. The average molecular weight is 339 g/mol. The summed E-state index contributed by atoms with van der Waals surface area (Å²) in [4.78, 5) is -0.696. The molecule has 0 spiro atoms. The van der Waals surface area contributed by atoms with Crippen LogP contribution in [0.5, 0.6) is 0 Å². The van der Waals surface area contributed by atoms with Gasteiger partial charge in [0.25, 0.3) is 0 Å². The minimum atomic E-state index is -4.83. The lowest BCUT2D eigenvalue weighted by atomic mass is 10.4. The van der Waals surface area contributed by atoms with E-state index in [9.17, 15) is 20.7 Å². The number of halogens is 1. The molecule has 0 heterocycles. The second kappa shape index (κ2) is 7.83. The number of sulfonamides is 1. The van der Waals surface area contributed by atoms with E-state index in [0.29, 0.717) is 19.6 Å². The van der Waals surface area contributed by atoms with Gasteiger partial charge in [-0.25, -0.2) is 13.1 Å². The van der Waals surface area contributed by atoms with Crippen LogP contribution in [0.25, 0.3) is 0 Å². The SMILES string of the molecule is CCCOCCCNS(=O)(=O)c1ccc(S(=O)(=O)F)cc1. The van der Waals surface area contributed by atoms with Gasteiger partial charge >= 0.3 is 10.2 Å². The van der Waals surface area contributed by atoms with E-state index in [1.165, 1.54) is 0 Å². The van der Waals surface area contributed by atoms with Gasteiger partial charge in [0.15, 0.2) is 0 Å². The number of hydrogen-bond acceptors (Lipinski definition) is 5. The third-order valence-electron chi connectivity index (χ3n) is 2.52. The van der Waals surface area contributed by atoms with Crippen LogP contribution in [0.4, 0.5) is 3.89 Å². The van der Waals surface area contributed by atoms with Gasteiger partial charge in [-0.15, -0.1) is 3.89 Å². The van der Waals surface area contributed by atoms with E-state index in [-0.39, 0.29) is 11.4 Å². The summed E-state index contributed by atoms with van der Waals surface area (Å²) in [7, 11) is -8.56. The minimum Gasteiger partial charge on any atom is -0.381 e. The molecule has 21 heavy (non-hydrogen) atoms. The van der Waals surface area contributed by atoms with Crippen molar-refractivity contribution in [1.82, 2.24) is 4.72 Å². The number of rotatable bonds is 9. The Labute approximate surface area is 124 Å².